The number of phenols is 2. The van der Waals surface area contributed by atoms with E-state index in [-0.39, 0.29) is 35.0 Å². The molecule has 0 atom stereocenters. The van der Waals surface area contributed by atoms with Crippen LogP contribution in [0, 0.1) is 11.2 Å². The first-order valence-corrected chi connectivity index (χ1v) is 11.7. The van der Waals surface area contributed by atoms with Gasteiger partial charge in [0.05, 0.1) is 25.5 Å². The number of hydrogen-bond acceptors (Lipinski definition) is 8. The normalized spacial score (nSPS) is 11.4. The summed E-state index contributed by atoms with van der Waals surface area (Å²) in [4.78, 5) is 0. The van der Waals surface area contributed by atoms with Gasteiger partial charge in [0.2, 0.25) is 9.84 Å². The average Bonchev–Trinajstić information content (AvgIpc) is 2.64. The minimum absolute atomic E-state index is 0.00243. The number of para-hydroxylation sites is 1. The van der Waals surface area contributed by atoms with E-state index in [0.29, 0.717) is 5.56 Å². The minimum atomic E-state index is -4.25. The number of rotatable bonds is 7. The maximum absolute atomic E-state index is 12.2. The fraction of sp³-hybridized carbons (Fsp3) is 0.263. The largest absolute Gasteiger partial charge is 0.504 e. The molecule has 2 aromatic carbocycles. The van der Waals surface area contributed by atoms with E-state index in [4.69, 9.17) is 9.47 Å². The summed E-state index contributed by atoms with van der Waals surface area (Å²) in [6, 6.07) is 8.66. The molecule has 0 aromatic heterocycles. The predicted molar refractivity (Wildman–Crippen MR) is 107 cm³/mol. The summed E-state index contributed by atoms with van der Waals surface area (Å²) in [5, 5.41) is 20.2. The topological polar surface area (TPSA) is 127 Å². The number of sulfone groups is 2. The van der Waals surface area contributed by atoms with Gasteiger partial charge in [-0.2, -0.15) is 0 Å². The number of phenolic OH excluding ortho intramolecular Hbond substituents is 2. The van der Waals surface area contributed by atoms with E-state index in [2.05, 4.69) is 5.92 Å². The summed E-state index contributed by atoms with van der Waals surface area (Å²) in [6.07, 6.45) is 0.0171. The molecule has 0 heterocycles. The molecule has 2 aromatic rings. The highest BCUT2D eigenvalue weighted by molar-refractivity contribution is 8.10. The van der Waals surface area contributed by atoms with Crippen molar-refractivity contribution in [3.8, 4) is 34.2 Å². The van der Waals surface area contributed by atoms with Crippen molar-refractivity contribution in [3.63, 3.8) is 0 Å². The van der Waals surface area contributed by atoms with Crippen LogP contribution in [0.1, 0.15) is 11.1 Å². The Balaban J connectivity index is 2.12. The van der Waals surface area contributed by atoms with E-state index >= 15 is 0 Å². The highest BCUT2D eigenvalue weighted by Gasteiger charge is 2.21. The van der Waals surface area contributed by atoms with E-state index in [0.717, 1.165) is 0 Å². The number of hydrogen-bond donors (Lipinski definition) is 2. The van der Waals surface area contributed by atoms with Crippen molar-refractivity contribution in [1.29, 1.82) is 0 Å². The predicted octanol–water partition coefficient (Wildman–Crippen LogP) is 1.45. The van der Waals surface area contributed by atoms with E-state index in [1.54, 1.807) is 6.07 Å². The summed E-state index contributed by atoms with van der Waals surface area (Å²) in [6.45, 7) is 0. The van der Waals surface area contributed by atoms with E-state index in [1.807, 2.05) is 5.25 Å². The molecule has 0 spiro atoms. The summed E-state index contributed by atoms with van der Waals surface area (Å²) < 4.78 is 58.6. The molecule has 0 aliphatic carbocycles. The zero-order valence-corrected chi connectivity index (χ0v) is 17.4. The van der Waals surface area contributed by atoms with Gasteiger partial charge in [0.15, 0.2) is 37.9 Å². The second-order valence-electron chi connectivity index (χ2n) is 6.02. The van der Waals surface area contributed by atoms with Crippen LogP contribution in [0.15, 0.2) is 36.4 Å². The number of aromatic hydroxyl groups is 2. The fourth-order valence-electron chi connectivity index (χ4n) is 2.46. The first kappa shape index (κ1) is 22.4. The maximum Gasteiger partial charge on any atom is 0.231 e. The first-order valence-electron chi connectivity index (χ1n) is 8.24. The Hall–Kier alpha value is -2.90. The Bertz CT molecular complexity index is 1160. The van der Waals surface area contributed by atoms with Gasteiger partial charge in [-0.1, -0.05) is 12.1 Å². The monoisotopic (exact) mass is 440 g/mol. The lowest BCUT2D eigenvalue weighted by atomic mass is 10.1. The third-order valence-electron chi connectivity index (χ3n) is 3.82. The van der Waals surface area contributed by atoms with Crippen LogP contribution in [0.4, 0.5) is 0 Å². The second-order valence-corrected chi connectivity index (χ2v) is 10.3. The highest BCUT2D eigenvalue weighted by Crippen LogP contribution is 2.29. The average molecular weight is 440 g/mol. The summed E-state index contributed by atoms with van der Waals surface area (Å²) in [5.74, 6) is 1.78. The zero-order chi connectivity index (χ0) is 21.7. The van der Waals surface area contributed by atoms with Gasteiger partial charge < -0.3 is 19.7 Å². The number of ether oxygens (including phenoxy) is 2. The van der Waals surface area contributed by atoms with Crippen LogP contribution in [-0.4, -0.2) is 52.1 Å². The van der Waals surface area contributed by atoms with Crippen LogP contribution in [-0.2, 0) is 26.1 Å². The van der Waals surface area contributed by atoms with Gasteiger partial charge in [-0.05, 0) is 42.2 Å². The van der Waals surface area contributed by atoms with Crippen molar-refractivity contribution in [2.75, 3.05) is 25.1 Å². The Morgan fingerprint density at radius 2 is 1.69 bits per heavy atom. The maximum atomic E-state index is 12.2. The molecule has 0 aliphatic heterocycles. The van der Waals surface area contributed by atoms with Gasteiger partial charge in [0.25, 0.3) is 0 Å². The summed E-state index contributed by atoms with van der Waals surface area (Å²) >= 11 is 0. The Kier molecular flexibility index (Phi) is 7.00. The van der Waals surface area contributed by atoms with Crippen molar-refractivity contribution in [2.45, 2.75) is 6.42 Å². The van der Waals surface area contributed by atoms with E-state index in [9.17, 15) is 27.0 Å². The molecule has 0 amide bonds. The van der Waals surface area contributed by atoms with Gasteiger partial charge in [-0.25, -0.2) is 16.8 Å². The van der Waals surface area contributed by atoms with Crippen molar-refractivity contribution in [3.05, 3.63) is 47.5 Å². The molecular formula is C19H20O8S2. The molecule has 156 valence electrons. The van der Waals surface area contributed by atoms with Gasteiger partial charge in [-0.15, -0.1) is 0 Å². The smallest absolute Gasteiger partial charge is 0.231 e. The standard InChI is InChI=1S/C19H20O8S2/c1-26-18-7-6-14(12-17(18)21)8-10-28(22,23)13-29(24,25)11-9-15-4-3-5-16(20)19(15)27-2/h3-7,12,20-21H,8,10,13H2,1-2H3. The van der Waals surface area contributed by atoms with Crippen molar-refractivity contribution in [1.82, 2.24) is 0 Å². The summed E-state index contributed by atoms with van der Waals surface area (Å²) in [5.41, 5.74) is 0.627. The molecule has 2 N–H and O–H groups in total. The molecule has 0 saturated carbocycles. The number of benzene rings is 2. The molecule has 8 nitrogen and oxygen atoms in total. The van der Waals surface area contributed by atoms with E-state index in [1.165, 1.54) is 44.6 Å². The lowest BCUT2D eigenvalue weighted by Gasteiger charge is -2.07. The molecule has 10 heteroatoms. The molecule has 0 saturated heterocycles. The third kappa shape index (κ3) is 6.30. The van der Waals surface area contributed by atoms with Crippen LogP contribution in [0.2, 0.25) is 0 Å². The fourth-order valence-corrected chi connectivity index (χ4v) is 5.87. The lowest BCUT2D eigenvalue weighted by molar-refractivity contribution is 0.372. The SMILES string of the molecule is COc1ccc(CCS(=O)(=O)CS(=O)(=O)C#Cc2cccc(O)c2OC)cc1O. The molecule has 2 rings (SSSR count). The second kappa shape index (κ2) is 9.07. The quantitative estimate of drug-likeness (QED) is 0.620. The van der Waals surface area contributed by atoms with Crippen molar-refractivity contribution < 1.29 is 36.5 Å². The highest BCUT2D eigenvalue weighted by atomic mass is 32.3. The van der Waals surface area contributed by atoms with Crippen LogP contribution in [0.25, 0.3) is 0 Å². The Labute approximate surface area is 169 Å². The molecule has 0 unspecified atom stereocenters. The van der Waals surface area contributed by atoms with Crippen LogP contribution >= 0.6 is 0 Å². The van der Waals surface area contributed by atoms with Crippen LogP contribution in [0.5, 0.6) is 23.0 Å². The lowest BCUT2D eigenvalue weighted by Crippen LogP contribution is -2.19. The van der Waals surface area contributed by atoms with Gasteiger partial charge >= 0.3 is 0 Å². The van der Waals surface area contributed by atoms with Crippen molar-refractivity contribution in [2.24, 2.45) is 0 Å². The van der Waals surface area contributed by atoms with Crippen LogP contribution in [0.3, 0.4) is 0 Å². The van der Waals surface area contributed by atoms with E-state index < -0.39 is 30.5 Å². The van der Waals surface area contributed by atoms with Gasteiger partial charge in [-0.3, -0.25) is 0 Å². The molecule has 0 aliphatic rings. The third-order valence-corrected chi connectivity index (χ3v) is 7.74. The minimum Gasteiger partial charge on any atom is -0.504 e. The molecule has 29 heavy (non-hydrogen) atoms. The van der Waals surface area contributed by atoms with Crippen LogP contribution < -0.4 is 9.47 Å². The zero-order valence-electron chi connectivity index (χ0n) is 15.7. The summed E-state index contributed by atoms with van der Waals surface area (Å²) in [7, 11) is -5.56. The molecule has 0 fully saturated rings. The number of methoxy groups -OCH3 is 2. The number of aryl methyl sites for hydroxylation is 1. The first-order chi connectivity index (χ1) is 13.6. The Morgan fingerprint density at radius 3 is 2.31 bits per heavy atom. The van der Waals surface area contributed by atoms with Gasteiger partial charge in [0, 0.05) is 5.25 Å². The molecular weight excluding hydrogens is 420 g/mol. The Morgan fingerprint density at radius 1 is 0.966 bits per heavy atom. The van der Waals surface area contributed by atoms with Crippen molar-refractivity contribution >= 4 is 19.7 Å². The van der Waals surface area contributed by atoms with Gasteiger partial charge in [0.1, 0.15) is 0 Å². The molecule has 0 bridgehead atoms. The molecule has 0 radical (unpaired) electrons.